The zero-order valence-corrected chi connectivity index (χ0v) is 9.14. The van der Waals surface area contributed by atoms with Crippen molar-refractivity contribution in [2.75, 3.05) is 11.5 Å². The number of aromatic nitrogens is 3. The van der Waals surface area contributed by atoms with Crippen molar-refractivity contribution in [3.8, 4) is 0 Å². The summed E-state index contributed by atoms with van der Waals surface area (Å²) in [5, 5.41) is 0. The van der Waals surface area contributed by atoms with Crippen molar-refractivity contribution in [2.45, 2.75) is 32.8 Å². The van der Waals surface area contributed by atoms with E-state index in [0.29, 0.717) is 6.42 Å². The lowest BCUT2D eigenvalue weighted by atomic mass is 10.2. The van der Waals surface area contributed by atoms with Gasteiger partial charge in [0.25, 0.3) is 0 Å². The first kappa shape index (κ1) is 12.2. The van der Waals surface area contributed by atoms with Crippen LogP contribution in [0.1, 0.15) is 32.0 Å². The van der Waals surface area contributed by atoms with E-state index in [1.165, 1.54) is 0 Å². The Balaban J connectivity index is 2.45. The Morgan fingerprint density at radius 1 is 1.25 bits per heavy atom. The van der Waals surface area contributed by atoms with E-state index in [4.69, 9.17) is 16.2 Å². The SMILES string of the molecule is CCCCC(=O)OCc1nc(N)nc(N)n1. The Kier molecular flexibility index (Phi) is 4.43. The first-order valence-corrected chi connectivity index (χ1v) is 5.03. The summed E-state index contributed by atoms with van der Waals surface area (Å²) in [7, 11) is 0. The molecule has 16 heavy (non-hydrogen) atoms. The predicted octanol–water partition coefficient (Wildman–Crippen LogP) is 0.269. The molecule has 0 bridgehead atoms. The minimum atomic E-state index is -0.278. The highest BCUT2D eigenvalue weighted by Gasteiger charge is 2.06. The smallest absolute Gasteiger partial charge is 0.306 e. The minimum Gasteiger partial charge on any atom is -0.457 e. The molecule has 1 aromatic rings. The molecule has 0 atom stereocenters. The number of rotatable bonds is 5. The number of nitrogen functional groups attached to an aromatic ring is 2. The molecule has 1 heterocycles. The van der Waals surface area contributed by atoms with Crippen molar-refractivity contribution in [1.82, 2.24) is 15.0 Å². The molecular weight excluding hydrogens is 210 g/mol. The van der Waals surface area contributed by atoms with E-state index in [1.807, 2.05) is 6.92 Å². The van der Waals surface area contributed by atoms with E-state index in [-0.39, 0.29) is 30.3 Å². The topological polar surface area (TPSA) is 117 Å². The van der Waals surface area contributed by atoms with Crippen LogP contribution in [0.25, 0.3) is 0 Å². The Hall–Kier alpha value is -1.92. The van der Waals surface area contributed by atoms with Gasteiger partial charge in [-0.3, -0.25) is 4.79 Å². The van der Waals surface area contributed by atoms with E-state index in [0.717, 1.165) is 12.8 Å². The fraction of sp³-hybridized carbons (Fsp3) is 0.556. The molecule has 0 amide bonds. The largest absolute Gasteiger partial charge is 0.457 e. The summed E-state index contributed by atoms with van der Waals surface area (Å²) in [6.07, 6.45) is 2.15. The molecule has 1 aromatic heterocycles. The number of anilines is 2. The van der Waals surface area contributed by atoms with Crippen molar-refractivity contribution >= 4 is 17.9 Å². The van der Waals surface area contributed by atoms with Crippen LogP contribution < -0.4 is 11.5 Å². The van der Waals surface area contributed by atoms with Gasteiger partial charge in [0.15, 0.2) is 12.4 Å². The number of esters is 1. The molecule has 1 rings (SSSR count). The van der Waals surface area contributed by atoms with Crippen LogP contribution in [0.2, 0.25) is 0 Å². The van der Waals surface area contributed by atoms with Crippen LogP contribution in [0.5, 0.6) is 0 Å². The minimum absolute atomic E-state index is 0.0205. The third-order valence-corrected chi connectivity index (χ3v) is 1.81. The summed E-state index contributed by atoms with van der Waals surface area (Å²) in [5.74, 6) is 0.0217. The fourth-order valence-corrected chi connectivity index (χ4v) is 1.06. The lowest BCUT2D eigenvalue weighted by Crippen LogP contribution is -2.10. The monoisotopic (exact) mass is 225 g/mol. The number of carbonyl (C=O) groups is 1. The van der Waals surface area contributed by atoms with Crippen molar-refractivity contribution in [3.63, 3.8) is 0 Å². The number of nitrogens with zero attached hydrogens (tertiary/aromatic N) is 3. The maximum atomic E-state index is 11.2. The molecule has 7 heteroatoms. The molecule has 0 saturated carbocycles. The second-order valence-electron chi connectivity index (χ2n) is 3.23. The van der Waals surface area contributed by atoms with E-state index in [2.05, 4.69) is 15.0 Å². The molecule has 0 aliphatic carbocycles. The van der Waals surface area contributed by atoms with Gasteiger partial charge in [0.2, 0.25) is 11.9 Å². The molecule has 0 aliphatic heterocycles. The maximum absolute atomic E-state index is 11.2. The number of hydrogen-bond acceptors (Lipinski definition) is 7. The van der Waals surface area contributed by atoms with Crippen LogP contribution in [-0.4, -0.2) is 20.9 Å². The lowest BCUT2D eigenvalue weighted by Gasteiger charge is -2.04. The summed E-state index contributed by atoms with van der Waals surface area (Å²) < 4.78 is 4.94. The first-order chi connectivity index (χ1) is 7.61. The molecule has 0 radical (unpaired) electrons. The number of ether oxygens (including phenoxy) is 1. The van der Waals surface area contributed by atoms with Gasteiger partial charge in [0.1, 0.15) is 0 Å². The molecule has 0 saturated heterocycles. The van der Waals surface area contributed by atoms with Gasteiger partial charge in [-0.05, 0) is 6.42 Å². The molecule has 0 fully saturated rings. The number of hydrogen-bond donors (Lipinski definition) is 2. The molecule has 0 aromatic carbocycles. The van der Waals surface area contributed by atoms with Gasteiger partial charge in [-0.25, -0.2) is 0 Å². The molecule has 0 spiro atoms. The van der Waals surface area contributed by atoms with Crippen LogP contribution in [0.15, 0.2) is 0 Å². The summed E-state index contributed by atoms with van der Waals surface area (Å²) in [6.45, 7) is 1.97. The fourth-order valence-electron chi connectivity index (χ4n) is 1.06. The highest BCUT2D eigenvalue weighted by atomic mass is 16.5. The highest BCUT2D eigenvalue weighted by molar-refractivity contribution is 5.69. The molecule has 88 valence electrons. The highest BCUT2D eigenvalue weighted by Crippen LogP contribution is 2.02. The standard InChI is InChI=1S/C9H15N5O2/c1-2-3-4-7(15)16-5-6-12-8(10)14-9(11)13-6/h2-5H2,1H3,(H4,10,11,12,13,14). The van der Waals surface area contributed by atoms with Gasteiger partial charge in [-0.15, -0.1) is 0 Å². The van der Waals surface area contributed by atoms with E-state index in [1.54, 1.807) is 0 Å². The van der Waals surface area contributed by atoms with Gasteiger partial charge in [-0.2, -0.15) is 15.0 Å². The number of unbranched alkanes of at least 4 members (excludes halogenated alkanes) is 1. The maximum Gasteiger partial charge on any atom is 0.306 e. The Morgan fingerprint density at radius 2 is 1.88 bits per heavy atom. The van der Waals surface area contributed by atoms with Crippen LogP contribution in [0.4, 0.5) is 11.9 Å². The van der Waals surface area contributed by atoms with Crippen LogP contribution in [0, 0.1) is 0 Å². The van der Waals surface area contributed by atoms with Gasteiger partial charge in [-0.1, -0.05) is 13.3 Å². The average molecular weight is 225 g/mol. The second kappa shape index (κ2) is 5.84. The van der Waals surface area contributed by atoms with E-state index in [9.17, 15) is 4.79 Å². The van der Waals surface area contributed by atoms with Crippen molar-refractivity contribution in [1.29, 1.82) is 0 Å². The first-order valence-electron chi connectivity index (χ1n) is 5.03. The molecule has 0 unspecified atom stereocenters. The van der Waals surface area contributed by atoms with Gasteiger partial charge in [0, 0.05) is 6.42 Å². The molecule has 7 nitrogen and oxygen atoms in total. The Morgan fingerprint density at radius 3 is 2.44 bits per heavy atom. The summed E-state index contributed by atoms with van der Waals surface area (Å²) >= 11 is 0. The molecular formula is C9H15N5O2. The summed E-state index contributed by atoms with van der Waals surface area (Å²) in [6, 6.07) is 0. The molecule has 0 aliphatic rings. The van der Waals surface area contributed by atoms with E-state index < -0.39 is 0 Å². The molecule has 4 N–H and O–H groups in total. The number of carbonyl (C=O) groups excluding carboxylic acids is 1. The van der Waals surface area contributed by atoms with Crippen LogP contribution >= 0.6 is 0 Å². The second-order valence-corrected chi connectivity index (χ2v) is 3.23. The van der Waals surface area contributed by atoms with Crippen LogP contribution in [0.3, 0.4) is 0 Å². The van der Waals surface area contributed by atoms with Crippen molar-refractivity contribution in [2.24, 2.45) is 0 Å². The zero-order valence-electron chi connectivity index (χ0n) is 9.14. The summed E-state index contributed by atoms with van der Waals surface area (Å²) in [4.78, 5) is 22.4. The van der Waals surface area contributed by atoms with Gasteiger partial charge < -0.3 is 16.2 Å². The Bertz CT molecular complexity index is 349. The third-order valence-electron chi connectivity index (χ3n) is 1.81. The van der Waals surface area contributed by atoms with Crippen molar-refractivity contribution < 1.29 is 9.53 Å². The van der Waals surface area contributed by atoms with Gasteiger partial charge in [0.05, 0.1) is 0 Å². The quantitative estimate of drug-likeness (QED) is 0.690. The Labute approximate surface area is 93.2 Å². The predicted molar refractivity (Wildman–Crippen MR) is 58.0 cm³/mol. The van der Waals surface area contributed by atoms with E-state index >= 15 is 0 Å². The van der Waals surface area contributed by atoms with Crippen molar-refractivity contribution in [3.05, 3.63) is 5.82 Å². The normalized spacial score (nSPS) is 10.1. The average Bonchev–Trinajstić information content (AvgIpc) is 2.22. The lowest BCUT2D eigenvalue weighted by molar-refractivity contribution is -0.145. The number of nitrogens with two attached hydrogens (primary N) is 2. The summed E-state index contributed by atoms with van der Waals surface area (Å²) in [5.41, 5.74) is 10.7. The van der Waals surface area contributed by atoms with Gasteiger partial charge >= 0.3 is 5.97 Å². The third kappa shape index (κ3) is 4.07. The van der Waals surface area contributed by atoms with Crippen LogP contribution in [-0.2, 0) is 16.1 Å². The zero-order chi connectivity index (χ0) is 12.0.